The predicted molar refractivity (Wildman–Crippen MR) is 77.3 cm³/mol. The smallest absolute Gasteiger partial charge is 0.111 e. The summed E-state index contributed by atoms with van der Waals surface area (Å²) in [5, 5.41) is 3.56. The third-order valence-electron chi connectivity index (χ3n) is 3.79. The maximum absolute atomic E-state index is 4.80. The maximum atomic E-state index is 4.80. The van der Waals surface area contributed by atoms with Gasteiger partial charge in [-0.15, -0.1) is 0 Å². The summed E-state index contributed by atoms with van der Waals surface area (Å²) in [6.07, 6.45) is 7.26. The number of nitrogens with zero attached hydrogens (tertiary/aromatic N) is 3. The van der Waals surface area contributed by atoms with Crippen LogP contribution in [-0.4, -0.2) is 27.1 Å². The van der Waals surface area contributed by atoms with E-state index >= 15 is 0 Å². The maximum Gasteiger partial charge on any atom is 0.111 e. The Balaban J connectivity index is 2.06. The van der Waals surface area contributed by atoms with Gasteiger partial charge in [0.1, 0.15) is 11.3 Å². The van der Waals surface area contributed by atoms with Crippen molar-refractivity contribution in [3.8, 4) is 0 Å². The summed E-state index contributed by atoms with van der Waals surface area (Å²) < 4.78 is 2.37. The molecule has 102 valence electrons. The summed E-state index contributed by atoms with van der Waals surface area (Å²) in [5.41, 5.74) is 2.24. The minimum absolute atomic E-state index is 0.0457. The average Bonchev–Trinajstić information content (AvgIpc) is 2.94. The molecule has 2 aromatic heterocycles. The van der Waals surface area contributed by atoms with Crippen molar-refractivity contribution >= 4 is 11.0 Å². The average molecular weight is 258 g/mol. The highest BCUT2D eigenvalue weighted by atomic mass is 15.1. The first-order chi connectivity index (χ1) is 9.05. The van der Waals surface area contributed by atoms with Crippen molar-refractivity contribution in [1.29, 1.82) is 0 Å². The molecule has 1 aliphatic rings. The number of imidazole rings is 1. The number of rotatable bonds is 2. The number of hydrogen-bond donors (Lipinski definition) is 1. The van der Waals surface area contributed by atoms with E-state index in [-0.39, 0.29) is 5.54 Å². The molecule has 0 saturated carbocycles. The van der Waals surface area contributed by atoms with Gasteiger partial charge in [-0.1, -0.05) is 0 Å². The molecule has 1 aliphatic heterocycles. The third kappa shape index (κ3) is 2.37. The second-order valence-corrected chi connectivity index (χ2v) is 6.40. The van der Waals surface area contributed by atoms with E-state index in [1.165, 1.54) is 24.2 Å². The molecule has 1 saturated heterocycles. The lowest BCUT2D eigenvalue weighted by Gasteiger charge is -2.25. The van der Waals surface area contributed by atoms with Crippen molar-refractivity contribution in [3.05, 3.63) is 24.3 Å². The Morgan fingerprint density at radius 1 is 1.42 bits per heavy atom. The van der Waals surface area contributed by atoms with Gasteiger partial charge in [-0.25, -0.2) is 4.98 Å². The highest BCUT2D eigenvalue weighted by Crippen LogP contribution is 2.26. The number of hydrogen-bond acceptors (Lipinski definition) is 3. The lowest BCUT2D eigenvalue weighted by Crippen LogP contribution is -2.29. The summed E-state index contributed by atoms with van der Waals surface area (Å²) in [6.45, 7) is 7.85. The van der Waals surface area contributed by atoms with Gasteiger partial charge >= 0.3 is 0 Å². The Bertz CT molecular complexity index is 573. The van der Waals surface area contributed by atoms with Crippen LogP contribution in [0.3, 0.4) is 0 Å². The Labute approximate surface area is 114 Å². The number of aromatic nitrogens is 3. The predicted octanol–water partition coefficient (Wildman–Crippen LogP) is 2.48. The molecule has 3 heterocycles. The van der Waals surface area contributed by atoms with Gasteiger partial charge in [0.25, 0.3) is 0 Å². The quantitative estimate of drug-likeness (QED) is 0.900. The summed E-state index contributed by atoms with van der Waals surface area (Å²) in [7, 11) is 0. The van der Waals surface area contributed by atoms with Crippen LogP contribution in [0.15, 0.2) is 18.5 Å². The second kappa shape index (κ2) is 4.60. The summed E-state index contributed by atoms with van der Waals surface area (Å²) >= 11 is 0. The van der Waals surface area contributed by atoms with Gasteiger partial charge in [-0.3, -0.25) is 4.98 Å². The first-order valence-electron chi connectivity index (χ1n) is 7.11. The summed E-state index contributed by atoms with van der Waals surface area (Å²) in [6, 6.07) is 2.64. The lowest BCUT2D eigenvalue weighted by atomic mass is 10.1. The van der Waals surface area contributed by atoms with Crippen LogP contribution in [0.5, 0.6) is 0 Å². The first-order valence-corrected chi connectivity index (χ1v) is 7.11. The van der Waals surface area contributed by atoms with E-state index in [9.17, 15) is 0 Å². The fourth-order valence-corrected chi connectivity index (χ4v) is 3.02. The molecule has 3 rings (SSSR count). The van der Waals surface area contributed by atoms with E-state index in [4.69, 9.17) is 4.98 Å². The van der Waals surface area contributed by atoms with E-state index in [1.807, 2.05) is 12.4 Å². The van der Waals surface area contributed by atoms with Gasteiger partial charge in [0.2, 0.25) is 0 Å². The molecule has 4 nitrogen and oxygen atoms in total. The summed E-state index contributed by atoms with van der Waals surface area (Å²) in [4.78, 5) is 8.99. The Morgan fingerprint density at radius 2 is 2.26 bits per heavy atom. The van der Waals surface area contributed by atoms with Gasteiger partial charge in [-0.05, 0) is 46.2 Å². The standard InChI is InChI=1S/C15H22N4/c1-15(2,3)19-13-6-8-16-10-12(13)18-14(19)9-11-5-4-7-17-11/h6,8,10-11,17H,4-5,7,9H2,1-3H3. The molecule has 0 bridgehead atoms. The number of pyridine rings is 1. The van der Waals surface area contributed by atoms with Crippen molar-refractivity contribution in [2.75, 3.05) is 6.54 Å². The highest BCUT2D eigenvalue weighted by molar-refractivity contribution is 5.75. The monoisotopic (exact) mass is 258 g/mol. The minimum Gasteiger partial charge on any atom is -0.322 e. The molecule has 2 aromatic rings. The van der Waals surface area contributed by atoms with Crippen LogP contribution in [0.1, 0.15) is 39.4 Å². The fraction of sp³-hybridized carbons (Fsp3) is 0.600. The molecular formula is C15H22N4. The van der Waals surface area contributed by atoms with Gasteiger partial charge in [0.15, 0.2) is 0 Å². The van der Waals surface area contributed by atoms with E-state index in [1.54, 1.807) is 0 Å². The van der Waals surface area contributed by atoms with Crippen LogP contribution in [0.25, 0.3) is 11.0 Å². The molecule has 0 amide bonds. The van der Waals surface area contributed by atoms with Crippen LogP contribution in [0, 0.1) is 0 Å². The summed E-state index contributed by atoms with van der Waals surface area (Å²) in [5.74, 6) is 1.18. The zero-order valence-corrected chi connectivity index (χ0v) is 12.0. The van der Waals surface area contributed by atoms with Gasteiger partial charge < -0.3 is 9.88 Å². The zero-order valence-electron chi connectivity index (χ0n) is 12.0. The molecule has 1 fully saturated rings. The molecule has 0 spiro atoms. The van der Waals surface area contributed by atoms with E-state index in [0.29, 0.717) is 6.04 Å². The van der Waals surface area contributed by atoms with Crippen molar-refractivity contribution in [3.63, 3.8) is 0 Å². The first kappa shape index (κ1) is 12.6. The number of fused-ring (bicyclic) bond motifs is 1. The molecule has 0 aliphatic carbocycles. The van der Waals surface area contributed by atoms with Crippen LogP contribution in [-0.2, 0) is 12.0 Å². The van der Waals surface area contributed by atoms with E-state index in [0.717, 1.165) is 18.5 Å². The number of nitrogens with one attached hydrogen (secondary N) is 1. The molecule has 4 heteroatoms. The van der Waals surface area contributed by atoms with Crippen LogP contribution in [0.4, 0.5) is 0 Å². The molecular weight excluding hydrogens is 236 g/mol. The minimum atomic E-state index is 0.0457. The Morgan fingerprint density at radius 3 is 2.95 bits per heavy atom. The molecule has 1 atom stereocenters. The van der Waals surface area contributed by atoms with Crippen molar-refractivity contribution in [2.45, 2.75) is 51.6 Å². The molecule has 0 radical (unpaired) electrons. The zero-order chi connectivity index (χ0) is 13.5. The van der Waals surface area contributed by atoms with Gasteiger partial charge in [-0.2, -0.15) is 0 Å². The molecule has 1 N–H and O–H groups in total. The Kier molecular flexibility index (Phi) is 3.05. The molecule has 1 unspecified atom stereocenters. The fourth-order valence-electron chi connectivity index (χ4n) is 3.02. The van der Waals surface area contributed by atoms with Gasteiger partial charge in [0, 0.05) is 24.2 Å². The Hall–Kier alpha value is -1.42. The van der Waals surface area contributed by atoms with Crippen LogP contribution < -0.4 is 5.32 Å². The van der Waals surface area contributed by atoms with Crippen LogP contribution >= 0.6 is 0 Å². The third-order valence-corrected chi connectivity index (χ3v) is 3.79. The SMILES string of the molecule is CC(C)(C)n1c(CC2CCCN2)nc2cnccc21. The molecule has 0 aromatic carbocycles. The topological polar surface area (TPSA) is 42.7 Å². The van der Waals surface area contributed by atoms with Crippen molar-refractivity contribution in [2.24, 2.45) is 0 Å². The van der Waals surface area contributed by atoms with Gasteiger partial charge in [0.05, 0.1) is 11.7 Å². The highest BCUT2D eigenvalue weighted by Gasteiger charge is 2.24. The van der Waals surface area contributed by atoms with Crippen LogP contribution in [0.2, 0.25) is 0 Å². The molecule has 19 heavy (non-hydrogen) atoms. The normalized spacial score (nSPS) is 20.3. The largest absolute Gasteiger partial charge is 0.322 e. The van der Waals surface area contributed by atoms with Crippen molar-refractivity contribution < 1.29 is 0 Å². The van der Waals surface area contributed by atoms with E-state index < -0.39 is 0 Å². The van der Waals surface area contributed by atoms with Crippen molar-refractivity contribution in [1.82, 2.24) is 19.9 Å². The van der Waals surface area contributed by atoms with E-state index in [2.05, 4.69) is 41.7 Å². The lowest BCUT2D eigenvalue weighted by molar-refractivity contribution is 0.387. The second-order valence-electron chi connectivity index (χ2n) is 6.40.